The van der Waals surface area contributed by atoms with E-state index in [1.54, 1.807) is 12.1 Å². The summed E-state index contributed by atoms with van der Waals surface area (Å²) in [5, 5.41) is 7.36. The van der Waals surface area contributed by atoms with Gasteiger partial charge in [-0.2, -0.15) is 9.78 Å². The van der Waals surface area contributed by atoms with E-state index in [-0.39, 0.29) is 29.1 Å². The molecule has 0 spiro atoms. The van der Waals surface area contributed by atoms with Crippen LogP contribution >= 0.6 is 0 Å². The Kier molecular flexibility index (Phi) is 6.27. The van der Waals surface area contributed by atoms with E-state index in [1.807, 2.05) is 18.2 Å². The van der Waals surface area contributed by atoms with Gasteiger partial charge in [-0.1, -0.05) is 70.2 Å². The molecule has 5 heteroatoms. The van der Waals surface area contributed by atoms with Gasteiger partial charge in [0.15, 0.2) is 0 Å². The molecule has 0 aliphatic heterocycles. The average Bonchev–Trinajstić information content (AvgIpc) is 2.72. The highest BCUT2D eigenvalue weighted by atomic mass is 16.2. The summed E-state index contributed by atoms with van der Waals surface area (Å²) in [6, 6.07) is 20.1. The summed E-state index contributed by atoms with van der Waals surface area (Å²) < 4.78 is 1.25. The van der Waals surface area contributed by atoms with Crippen molar-refractivity contribution < 1.29 is 4.79 Å². The number of amides is 1. The molecule has 1 amide bonds. The highest BCUT2D eigenvalue weighted by Crippen LogP contribution is 2.24. The molecule has 150 valence electrons. The Labute approximate surface area is 171 Å². The molecular formula is C24H27N3O2. The van der Waals surface area contributed by atoms with Gasteiger partial charge in [-0.05, 0) is 41.2 Å². The van der Waals surface area contributed by atoms with Gasteiger partial charge in [0.25, 0.3) is 11.5 Å². The van der Waals surface area contributed by atoms with Gasteiger partial charge in [0, 0.05) is 6.07 Å². The third kappa shape index (κ3) is 4.80. The predicted molar refractivity (Wildman–Crippen MR) is 115 cm³/mol. The summed E-state index contributed by atoms with van der Waals surface area (Å²) >= 11 is 0. The van der Waals surface area contributed by atoms with Crippen LogP contribution in [0.1, 0.15) is 61.3 Å². The Hall–Kier alpha value is -3.21. The van der Waals surface area contributed by atoms with E-state index >= 15 is 0 Å². The molecule has 0 fully saturated rings. The van der Waals surface area contributed by atoms with Crippen molar-refractivity contribution in [3.05, 3.63) is 93.9 Å². The van der Waals surface area contributed by atoms with Crippen molar-refractivity contribution in [2.75, 3.05) is 0 Å². The molecule has 5 nitrogen and oxygen atoms in total. The molecule has 1 unspecified atom stereocenters. The molecule has 1 N–H and O–H groups in total. The lowest BCUT2D eigenvalue weighted by Crippen LogP contribution is -2.34. The van der Waals surface area contributed by atoms with Crippen LogP contribution in [0.25, 0.3) is 5.69 Å². The summed E-state index contributed by atoms with van der Waals surface area (Å²) in [6.07, 6.45) is 0. The molecule has 0 saturated heterocycles. The maximum absolute atomic E-state index is 12.9. The number of aromatic nitrogens is 2. The van der Waals surface area contributed by atoms with Crippen LogP contribution in [0.5, 0.6) is 0 Å². The Bertz CT molecular complexity index is 1020. The third-order valence-corrected chi connectivity index (χ3v) is 4.95. The quantitative estimate of drug-likeness (QED) is 0.676. The molecule has 0 radical (unpaired) electrons. The zero-order valence-electron chi connectivity index (χ0n) is 17.3. The second-order valence-corrected chi connectivity index (χ2v) is 7.82. The van der Waals surface area contributed by atoms with Gasteiger partial charge in [0.2, 0.25) is 0 Å². The first kappa shape index (κ1) is 20.5. The van der Waals surface area contributed by atoms with Crippen LogP contribution in [0.15, 0.2) is 71.5 Å². The van der Waals surface area contributed by atoms with E-state index in [2.05, 4.69) is 62.4 Å². The van der Waals surface area contributed by atoms with E-state index in [0.717, 1.165) is 5.56 Å². The van der Waals surface area contributed by atoms with Gasteiger partial charge >= 0.3 is 0 Å². The highest BCUT2D eigenvalue weighted by Gasteiger charge is 2.21. The maximum Gasteiger partial charge on any atom is 0.272 e. The SMILES string of the molecule is CC(C)c1ccc(C(NC(=O)c2ccc(=O)n(-c3ccccc3)n2)C(C)C)cc1. The molecule has 29 heavy (non-hydrogen) atoms. The van der Waals surface area contributed by atoms with Gasteiger partial charge in [0.1, 0.15) is 5.69 Å². The van der Waals surface area contributed by atoms with E-state index in [4.69, 9.17) is 0 Å². The second kappa shape index (κ2) is 8.86. The van der Waals surface area contributed by atoms with E-state index < -0.39 is 0 Å². The second-order valence-electron chi connectivity index (χ2n) is 7.82. The fourth-order valence-electron chi connectivity index (χ4n) is 3.22. The van der Waals surface area contributed by atoms with Crippen molar-refractivity contribution >= 4 is 5.91 Å². The first-order valence-electron chi connectivity index (χ1n) is 9.93. The number of carbonyl (C=O) groups is 1. The summed E-state index contributed by atoms with van der Waals surface area (Å²) in [4.78, 5) is 25.1. The van der Waals surface area contributed by atoms with Crippen LogP contribution in [0.2, 0.25) is 0 Å². The topological polar surface area (TPSA) is 64.0 Å². The number of hydrogen-bond donors (Lipinski definition) is 1. The molecule has 0 saturated carbocycles. The van der Waals surface area contributed by atoms with Crippen LogP contribution < -0.4 is 10.9 Å². The van der Waals surface area contributed by atoms with Gasteiger partial charge in [-0.3, -0.25) is 9.59 Å². The molecule has 0 aliphatic carbocycles. The molecule has 1 heterocycles. The fraction of sp³-hybridized carbons (Fsp3) is 0.292. The van der Waals surface area contributed by atoms with Gasteiger partial charge in [-0.25, -0.2) is 0 Å². The minimum absolute atomic E-state index is 0.150. The minimum atomic E-state index is -0.304. The van der Waals surface area contributed by atoms with Crippen LogP contribution in [0.4, 0.5) is 0 Å². The molecule has 1 aromatic heterocycles. The van der Waals surface area contributed by atoms with E-state index in [9.17, 15) is 9.59 Å². The van der Waals surface area contributed by atoms with E-state index in [0.29, 0.717) is 11.6 Å². The zero-order valence-corrected chi connectivity index (χ0v) is 17.3. The number of rotatable bonds is 6. The minimum Gasteiger partial charge on any atom is -0.344 e. The Balaban J connectivity index is 1.86. The van der Waals surface area contributed by atoms with Gasteiger partial charge in [0.05, 0.1) is 11.7 Å². The summed E-state index contributed by atoms with van der Waals surface area (Å²) in [5.41, 5.74) is 2.86. The van der Waals surface area contributed by atoms with E-state index in [1.165, 1.54) is 22.4 Å². The van der Waals surface area contributed by atoms with Crippen molar-refractivity contribution in [3.63, 3.8) is 0 Å². The largest absolute Gasteiger partial charge is 0.344 e. The molecule has 0 aliphatic rings. The number of para-hydroxylation sites is 1. The van der Waals surface area contributed by atoms with Crippen molar-refractivity contribution in [3.8, 4) is 5.69 Å². The Morgan fingerprint density at radius 3 is 2.07 bits per heavy atom. The summed E-state index contributed by atoms with van der Waals surface area (Å²) in [7, 11) is 0. The highest BCUT2D eigenvalue weighted by molar-refractivity contribution is 5.92. The molecule has 3 rings (SSSR count). The lowest BCUT2D eigenvalue weighted by atomic mass is 9.93. The Morgan fingerprint density at radius 2 is 1.48 bits per heavy atom. The first-order valence-corrected chi connectivity index (χ1v) is 9.93. The smallest absolute Gasteiger partial charge is 0.272 e. The maximum atomic E-state index is 12.9. The van der Waals surface area contributed by atoms with Crippen LogP contribution in [-0.4, -0.2) is 15.7 Å². The van der Waals surface area contributed by atoms with Gasteiger partial charge < -0.3 is 5.32 Å². The average molecular weight is 389 g/mol. The van der Waals surface area contributed by atoms with Crippen LogP contribution in [0.3, 0.4) is 0 Å². The standard InChI is InChI=1S/C24H27N3O2/c1-16(2)18-10-12-19(13-11-18)23(17(3)4)25-24(29)21-14-15-22(28)27(26-21)20-8-6-5-7-9-20/h5-17,23H,1-4H3,(H,25,29). The fourth-order valence-corrected chi connectivity index (χ4v) is 3.22. The van der Waals surface area contributed by atoms with Crippen LogP contribution in [-0.2, 0) is 0 Å². The van der Waals surface area contributed by atoms with Crippen molar-refractivity contribution in [1.82, 2.24) is 15.1 Å². The summed E-state index contributed by atoms with van der Waals surface area (Å²) in [6.45, 7) is 8.45. The predicted octanol–water partition coefficient (Wildman–Crippen LogP) is 4.48. The number of nitrogens with one attached hydrogen (secondary N) is 1. The van der Waals surface area contributed by atoms with Gasteiger partial charge in [-0.15, -0.1) is 0 Å². The molecule has 3 aromatic rings. The lowest BCUT2D eigenvalue weighted by Gasteiger charge is -2.23. The normalized spacial score (nSPS) is 12.2. The summed E-state index contributed by atoms with van der Waals surface area (Å²) in [5.74, 6) is 0.351. The molecule has 2 aromatic carbocycles. The van der Waals surface area contributed by atoms with Crippen molar-refractivity contribution in [2.45, 2.75) is 39.7 Å². The number of nitrogens with zero attached hydrogens (tertiary/aromatic N) is 2. The Morgan fingerprint density at radius 1 is 0.862 bits per heavy atom. The molecule has 0 bridgehead atoms. The molecular weight excluding hydrogens is 362 g/mol. The monoisotopic (exact) mass is 389 g/mol. The number of benzene rings is 2. The zero-order chi connectivity index (χ0) is 21.0. The third-order valence-electron chi connectivity index (χ3n) is 4.95. The number of carbonyl (C=O) groups excluding carboxylic acids is 1. The van der Waals surface area contributed by atoms with Crippen LogP contribution in [0, 0.1) is 5.92 Å². The lowest BCUT2D eigenvalue weighted by molar-refractivity contribution is 0.0918. The molecule has 1 atom stereocenters. The van der Waals surface area contributed by atoms with Crippen molar-refractivity contribution in [2.24, 2.45) is 5.92 Å². The first-order chi connectivity index (χ1) is 13.9. The number of hydrogen-bond acceptors (Lipinski definition) is 3. The van der Waals surface area contributed by atoms with Crippen molar-refractivity contribution in [1.29, 1.82) is 0 Å².